The van der Waals surface area contributed by atoms with Crippen LogP contribution in [0.15, 0.2) is 18.2 Å². The summed E-state index contributed by atoms with van der Waals surface area (Å²) in [6.07, 6.45) is -0.131. The molecule has 1 atom stereocenters. The lowest BCUT2D eigenvalue weighted by atomic mass is 10.0. The van der Waals surface area contributed by atoms with Crippen LogP contribution in [0.25, 0.3) is 0 Å². The van der Waals surface area contributed by atoms with Crippen LogP contribution in [0.5, 0.6) is 0 Å². The molecule has 4 heteroatoms. The highest BCUT2D eigenvalue weighted by Gasteiger charge is 2.19. The van der Waals surface area contributed by atoms with Crippen LogP contribution in [0.3, 0.4) is 0 Å². The molecule has 0 saturated carbocycles. The summed E-state index contributed by atoms with van der Waals surface area (Å²) < 4.78 is 13.3. The van der Waals surface area contributed by atoms with Crippen molar-refractivity contribution in [2.45, 2.75) is 25.9 Å². The normalized spacial score (nSPS) is 12.5. The van der Waals surface area contributed by atoms with E-state index in [1.807, 2.05) is 6.92 Å². The Morgan fingerprint density at radius 2 is 2.27 bits per heavy atom. The van der Waals surface area contributed by atoms with Crippen molar-refractivity contribution in [2.75, 3.05) is 0 Å². The molecule has 0 saturated heterocycles. The third-order valence-corrected chi connectivity index (χ3v) is 2.30. The largest absolute Gasteiger partial charge is 0.385 e. The molecule has 0 aliphatic carbocycles. The molecule has 0 aliphatic rings. The second-order valence-electron chi connectivity index (χ2n) is 3.29. The Kier molecular flexibility index (Phi) is 4.24. The molecule has 0 bridgehead atoms. The fourth-order valence-electron chi connectivity index (χ4n) is 1.27. The maximum Gasteiger partial charge on any atom is 0.194 e. The number of aliphatic hydroxyl groups is 1. The van der Waals surface area contributed by atoms with Crippen LogP contribution in [0.4, 0.5) is 4.39 Å². The van der Waals surface area contributed by atoms with Gasteiger partial charge in [-0.15, -0.1) is 0 Å². The SMILES string of the molecule is CCCC(O)C(=O)c1ccc(Cl)cc1F. The summed E-state index contributed by atoms with van der Waals surface area (Å²) >= 11 is 5.55. The predicted molar refractivity (Wildman–Crippen MR) is 56.7 cm³/mol. The minimum absolute atomic E-state index is 0.111. The Labute approximate surface area is 92.7 Å². The molecule has 0 spiro atoms. The van der Waals surface area contributed by atoms with E-state index in [1.54, 1.807) is 0 Å². The highest BCUT2D eigenvalue weighted by Crippen LogP contribution is 2.17. The van der Waals surface area contributed by atoms with E-state index < -0.39 is 17.7 Å². The third-order valence-electron chi connectivity index (χ3n) is 2.06. The Morgan fingerprint density at radius 3 is 2.80 bits per heavy atom. The van der Waals surface area contributed by atoms with Gasteiger partial charge in [-0.2, -0.15) is 0 Å². The van der Waals surface area contributed by atoms with Gasteiger partial charge >= 0.3 is 0 Å². The fourth-order valence-corrected chi connectivity index (χ4v) is 1.43. The molecule has 1 unspecified atom stereocenters. The van der Waals surface area contributed by atoms with E-state index in [0.717, 1.165) is 6.07 Å². The Balaban J connectivity index is 2.91. The van der Waals surface area contributed by atoms with Gasteiger partial charge in [-0.3, -0.25) is 4.79 Å². The molecule has 0 radical (unpaired) electrons. The molecule has 82 valence electrons. The van der Waals surface area contributed by atoms with Gasteiger partial charge in [0.05, 0.1) is 5.56 Å². The van der Waals surface area contributed by atoms with E-state index in [1.165, 1.54) is 12.1 Å². The van der Waals surface area contributed by atoms with Gasteiger partial charge in [-0.05, 0) is 24.6 Å². The number of benzene rings is 1. The lowest BCUT2D eigenvalue weighted by Crippen LogP contribution is -2.21. The van der Waals surface area contributed by atoms with Gasteiger partial charge in [0.1, 0.15) is 11.9 Å². The average molecular weight is 231 g/mol. The zero-order valence-corrected chi connectivity index (χ0v) is 9.09. The van der Waals surface area contributed by atoms with E-state index in [0.29, 0.717) is 12.8 Å². The monoisotopic (exact) mass is 230 g/mol. The van der Waals surface area contributed by atoms with Crippen molar-refractivity contribution in [3.8, 4) is 0 Å². The number of Topliss-reactive ketones (excluding diaryl/α,β-unsaturated/α-hetero) is 1. The average Bonchev–Trinajstić information content (AvgIpc) is 2.17. The highest BCUT2D eigenvalue weighted by atomic mass is 35.5. The van der Waals surface area contributed by atoms with E-state index in [9.17, 15) is 14.3 Å². The first-order chi connectivity index (χ1) is 7.06. The summed E-state index contributed by atoms with van der Waals surface area (Å²) in [6, 6.07) is 3.78. The maximum absolute atomic E-state index is 13.3. The maximum atomic E-state index is 13.3. The van der Waals surface area contributed by atoms with E-state index >= 15 is 0 Å². The first-order valence-electron chi connectivity index (χ1n) is 4.73. The van der Waals surface area contributed by atoms with Crippen molar-refractivity contribution in [1.82, 2.24) is 0 Å². The Hall–Kier alpha value is -0.930. The number of hydrogen-bond donors (Lipinski definition) is 1. The lowest BCUT2D eigenvalue weighted by Gasteiger charge is -2.08. The first-order valence-corrected chi connectivity index (χ1v) is 5.11. The quantitative estimate of drug-likeness (QED) is 0.808. The summed E-state index contributed by atoms with van der Waals surface area (Å²) in [5.41, 5.74) is -0.111. The Bertz CT molecular complexity index is 366. The van der Waals surface area contributed by atoms with Crippen LogP contribution in [0.2, 0.25) is 5.02 Å². The molecule has 1 aromatic carbocycles. The Morgan fingerprint density at radius 1 is 1.60 bits per heavy atom. The molecule has 0 fully saturated rings. The smallest absolute Gasteiger partial charge is 0.194 e. The summed E-state index contributed by atoms with van der Waals surface area (Å²) in [7, 11) is 0. The van der Waals surface area contributed by atoms with Gasteiger partial charge < -0.3 is 5.11 Å². The molecule has 1 aromatic rings. The van der Waals surface area contributed by atoms with Crippen molar-refractivity contribution in [1.29, 1.82) is 0 Å². The number of halogens is 2. The zero-order valence-electron chi connectivity index (χ0n) is 8.34. The first kappa shape index (κ1) is 12.1. The van der Waals surface area contributed by atoms with E-state index in [-0.39, 0.29) is 10.6 Å². The van der Waals surface area contributed by atoms with Gasteiger partial charge in [-0.25, -0.2) is 4.39 Å². The molecule has 1 rings (SSSR count). The predicted octanol–water partition coefficient (Wildman–Crippen LogP) is 2.82. The van der Waals surface area contributed by atoms with Crippen molar-refractivity contribution in [3.05, 3.63) is 34.6 Å². The van der Waals surface area contributed by atoms with Gasteiger partial charge in [0.2, 0.25) is 0 Å². The van der Waals surface area contributed by atoms with Crippen LogP contribution >= 0.6 is 11.6 Å². The summed E-state index contributed by atoms with van der Waals surface area (Å²) in [6.45, 7) is 1.84. The van der Waals surface area contributed by atoms with Crippen LogP contribution in [-0.4, -0.2) is 17.0 Å². The number of carbonyl (C=O) groups excluding carboxylic acids is 1. The molecule has 1 N–H and O–H groups in total. The molecular formula is C11H12ClFO2. The number of hydrogen-bond acceptors (Lipinski definition) is 2. The van der Waals surface area contributed by atoms with E-state index in [2.05, 4.69) is 0 Å². The number of rotatable bonds is 4. The zero-order chi connectivity index (χ0) is 11.4. The van der Waals surface area contributed by atoms with Crippen molar-refractivity contribution < 1.29 is 14.3 Å². The molecule has 0 aromatic heterocycles. The second-order valence-corrected chi connectivity index (χ2v) is 3.73. The molecular weight excluding hydrogens is 219 g/mol. The minimum Gasteiger partial charge on any atom is -0.385 e. The molecule has 0 heterocycles. The summed E-state index contributed by atoms with van der Waals surface area (Å²) in [5, 5.41) is 9.65. The summed E-state index contributed by atoms with van der Waals surface area (Å²) in [5.74, 6) is -1.28. The van der Waals surface area contributed by atoms with Gasteiger partial charge in [-0.1, -0.05) is 24.9 Å². The van der Waals surface area contributed by atoms with Gasteiger partial charge in [0.25, 0.3) is 0 Å². The lowest BCUT2D eigenvalue weighted by molar-refractivity contribution is 0.0725. The fraction of sp³-hybridized carbons (Fsp3) is 0.364. The molecule has 0 aliphatic heterocycles. The van der Waals surface area contributed by atoms with Crippen molar-refractivity contribution in [3.63, 3.8) is 0 Å². The van der Waals surface area contributed by atoms with Crippen molar-refractivity contribution >= 4 is 17.4 Å². The van der Waals surface area contributed by atoms with Crippen LogP contribution in [0, 0.1) is 5.82 Å². The van der Waals surface area contributed by atoms with Crippen LogP contribution in [0.1, 0.15) is 30.1 Å². The van der Waals surface area contributed by atoms with Gasteiger partial charge in [0.15, 0.2) is 5.78 Å². The standard InChI is InChI=1S/C11H12ClFO2/c1-2-3-10(14)11(15)8-5-4-7(12)6-9(8)13/h4-6,10,14H,2-3H2,1H3. The third kappa shape index (κ3) is 3.01. The topological polar surface area (TPSA) is 37.3 Å². The van der Waals surface area contributed by atoms with Gasteiger partial charge in [0, 0.05) is 5.02 Å². The van der Waals surface area contributed by atoms with Crippen molar-refractivity contribution in [2.24, 2.45) is 0 Å². The molecule has 2 nitrogen and oxygen atoms in total. The second kappa shape index (κ2) is 5.24. The van der Waals surface area contributed by atoms with Crippen LogP contribution < -0.4 is 0 Å². The number of aliphatic hydroxyl groups excluding tert-OH is 1. The summed E-state index contributed by atoms with van der Waals surface area (Å²) in [4.78, 5) is 11.5. The number of ketones is 1. The number of carbonyl (C=O) groups is 1. The minimum atomic E-state index is -1.13. The molecule has 0 amide bonds. The molecule has 15 heavy (non-hydrogen) atoms. The van der Waals surface area contributed by atoms with E-state index in [4.69, 9.17) is 11.6 Å². The highest BCUT2D eigenvalue weighted by molar-refractivity contribution is 6.30. The van der Waals surface area contributed by atoms with Crippen LogP contribution in [-0.2, 0) is 0 Å².